The summed E-state index contributed by atoms with van der Waals surface area (Å²) in [5, 5.41) is 3.14. The van der Waals surface area contributed by atoms with Gasteiger partial charge in [0, 0.05) is 17.5 Å². The van der Waals surface area contributed by atoms with E-state index in [0.717, 1.165) is 38.6 Å². The zero-order chi connectivity index (χ0) is 23.9. The van der Waals surface area contributed by atoms with E-state index in [2.05, 4.69) is 36.4 Å². The lowest BCUT2D eigenvalue weighted by Gasteiger charge is -2.33. The van der Waals surface area contributed by atoms with Gasteiger partial charge in [-0.2, -0.15) is 0 Å². The van der Waals surface area contributed by atoms with Crippen molar-refractivity contribution in [1.82, 2.24) is 0 Å². The first-order chi connectivity index (χ1) is 17.3. The molecule has 0 bridgehead atoms. The van der Waals surface area contributed by atoms with Crippen LogP contribution in [0.5, 0.6) is 23.0 Å². The van der Waals surface area contributed by atoms with E-state index in [0.29, 0.717) is 0 Å². The van der Waals surface area contributed by atoms with Crippen molar-refractivity contribution >= 4 is 23.9 Å². The standard InChI is InChI=1S/C31H26O3Si/c1-32-35(27-19-9-4-10-20-27,30-23-13-11-21-28(30)33-25-15-5-2-6-16-25)31-24-14-12-22-29(31)34-26-17-7-3-8-18-26/h2-24H,1H3. The fourth-order valence-electron chi connectivity index (χ4n) is 4.39. The predicted molar refractivity (Wildman–Crippen MR) is 144 cm³/mol. The highest BCUT2D eigenvalue weighted by Gasteiger charge is 2.45. The summed E-state index contributed by atoms with van der Waals surface area (Å²) in [6.45, 7) is 0. The van der Waals surface area contributed by atoms with Crippen molar-refractivity contribution in [2.24, 2.45) is 0 Å². The topological polar surface area (TPSA) is 27.7 Å². The van der Waals surface area contributed by atoms with Gasteiger partial charge in [0.25, 0.3) is 8.32 Å². The first-order valence-electron chi connectivity index (χ1n) is 11.6. The van der Waals surface area contributed by atoms with E-state index in [1.54, 1.807) is 7.11 Å². The Morgan fingerprint density at radius 1 is 0.429 bits per heavy atom. The third-order valence-electron chi connectivity index (χ3n) is 5.96. The molecule has 0 spiro atoms. The van der Waals surface area contributed by atoms with Crippen molar-refractivity contribution in [3.63, 3.8) is 0 Å². The van der Waals surface area contributed by atoms with Crippen molar-refractivity contribution in [2.45, 2.75) is 0 Å². The van der Waals surface area contributed by atoms with Crippen LogP contribution in [0.4, 0.5) is 0 Å². The molecule has 0 radical (unpaired) electrons. The van der Waals surface area contributed by atoms with E-state index in [4.69, 9.17) is 13.9 Å². The van der Waals surface area contributed by atoms with Gasteiger partial charge in [-0.1, -0.05) is 103 Å². The van der Waals surface area contributed by atoms with Crippen molar-refractivity contribution in [2.75, 3.05) is 7.11 Å². The normalized spacial score (nSPS) is 11.1. The van der Waals surface area contributed by atoms with Crippen LogP contribution in [-0.4, -0.2) is 15.4 Å². The quantitative estimate of drug-likeness (QED) is 0.207. The molecule has 5 rings (SSSR count). The lowest BCUT2D eigenvalue weighted by atomic mass is 10.3. The summed E-state index contributed by atoms with van der Waals surface area (Å²) >= 11 is 0. The number of hydrogen-bond acceptors (Lipinski definition) is 3. The molecular formula is C31H26O3Si. The molecule has 0 saturated heterocycles. The van der Waals surface area contributed by atoms with Crippen LogP contribution in [-0.2, 0) is 4.43 Å². The number of para-hydroxylation sites is 4. The Morgan fingerprint density at radius 2 is 0.800 bits per heavy atom. The molecule has 35 heavy (non-hydrogen) atoms. The summed E-state index contributed by atoms with van der Waals surface area (Å²) in [5.74, 6) is 3.10. The SMILES string of the molecule is CO[Si](c1ccccc1)(c1ccccc1Oc1ccccc1)c1ccccc1Oc1ccccc1. The molecule has 0 aliphatic rings. The number of rotatable bonds is 8. The van der Waals surface area contributed by atoms with Gasteiger partial charge in [0.15, 0.2) is 0 Å². The largest absolute Gasteiger partial charge is 0.457 e. The van der Waals surface area contributed by atoms with Gasteiger partial charge in [0.2, 0.25) is 0 Å². The lowest BCUT2D eigenvalue weighted by Crippen LogP contribution is -2.69. The van der Waals surface area contributed by atoms with E-state index < -0.39 is 8.32 Å². The molecule has 0 saturated carbocycles. The number of benzene rings is 5. The Bertz CT molecular complexity index is 1290. The Balaban J connectivity index is 1.73. The highest BCUT2D eigenvalue weighted by atomic mass is 28.4. The van der Waals surface area contributed by atoms with Crippen LogP contribution in [0.3, 0.4) is 0 Å². The fourth-order valence-corrected chi connectivity index (χ4v) is 8.26. The summed E-state index contributed by atoms with van der Waals surface area (Å²) in [6.07, 6.45) is 0. The van der Waals surface area contributed by atoms with Crippen molar-refractivity contribution in [1.29, 1.82) is 0 Å². The molecular weight excluding hydrogens is 448 g/mol. The molecule has 3 nitrogen and oxygen atoms in total. The lowest BCUT2D eigenvalue weighted by molar-refractivity contribution is 0.420. The van der Waals surface area contributed by atoms with Gasteiger partial charge in [-0.15, -0.1) is 0 Å². The maximum atomic E-state index is 6.63. The van der Waals surface area contributed by atoms with Crippen molar-refractivity contribution in [3.8, 4) is 23.0 Å². The van der Waals surface area contributed by atoms with E-state index in [1.165, 1.54) is 0 Å². The minimum atomic E-state index is -3.04. The van der Waals surface area contributed by atoms with Crippen LogP contribution in [0.2, 0.25) is 0 Å². The van der Waals surface area contributed by atoms with E-state index in [1.807, 2.05) is 103 Å². The van der Waals surface area contributed by atoms with Crippen LogP contribution < -0.4 is 25.0 Å². The summed E-state index contributed by atoms with van der Waals surface area (Å²) in [5.41, 5.74) is 0. The van der Waals surface area contributed by atoms with Gasteiger partial charge in [-0.05, 0) is 41.6 Å². The molecule has 172 valence electrons. The third-order valence-corrected chi connectivity index (χ3v) is 10.1. The molecule has 0 aliphatic carbocycles. The predicted octanol–water partition coefficient (Wildman–Crippen LogP) is 5.88. The van der Waals surface area contributed by atoms with E-state index in [9.17, 15) is 0 Å². The van der Waals surface area contributed by atoms with Crippen LogP contribution in [0.1, 0.15) is 0 Å². The van der Waals surface area contributed by atoms with Gasteiger partial charge < -0.3 is 13.9 Å². The molecule has 0 amide bonds. The van der Waals surface area contributed by atoms with Crippen molar-refractivity contribution in [3.05, 3.63) is 140 Å². The third kappa shape index (κ3) is 4.62. The molecule has 4 heteroatoms. The maximum Gasteiger partial charge on any atom is 0.295 e. The molecule has 0 aliphatic heterocycles. The molecule has 0 fully saturated rings. The van der Waals surface area contributed by atoms with Gasteiger partial charge in [-0.3, -0.25) is 0 Å². The summed E-state index contributed by atoms with van der Waals surface area (Å²) in [4.78, 5) is 0. The molecule has 0 N–H and O–H groups in total. The summed E-state index contributed by atoms with van der Waals surface area (Å²) in [7, 11) is -1.26. The average Bonchev–Trinajstić information content (AvgIpc) is 2.93. The minimum Gasteiger partial charge on any atom is -0.457 e. The zero-order valence-corrected chi connectivity index (χ0v) is 20.5. The second-order valence-corrected chi connectivity index (χ2v) is 11.5. The molecule has 5 aromatic rings. The fraction of sp³-hybridized carbons (Fsp3) is 0.0323. The number of ether oxygens (including phenoxy) is 2. The highest BCUT2D eigenvalue weighted by molar-refractivity contribution is 7.08. The Morgan fingerprint density at radius 3 is 1.23 bits per heavy atom. The van der Waals surface area contributed by atoms with Crippen molar-refractivity contribution < 1.29 is 13.9 Å². The Labute approximate surface area is 207 Å². The van der Waals surface area contributed by atoms with Gasteiger partial charge >= 0.3 is 0 Å². The molecule has 0 heterocycles. The molecule has 5 aromatic carbocycles. The molecule has 0 aromatic heterocycles. The summed E-state index contributed by atoms with van der Waals surface area (Å²) < 4.78 is 19.5. The number of hydrogen-bond donors (Lipinski definition) is 0. The first-order valence-corrected chi connectivity index (χ1v) is 13.5. The van der Waals surface area contributed by atoms with Gasteiger partial charge in [0.05, 0.1) is 0 Å². The maximum absolute atomic E-state index is 6.63. The Hall–Kier alpha value is -4.12. The second-order valence-electron chi connectivity index (χ2n) is 8.07. The average molecular weight is 475 g/mol. The minimum absolute atomic E-state index is 0.769. The smallest absolute Gasteiger partial charge is 0.295 e. The van der Waals surface area contributed by atoms with Crippen LogP contribution in [0, 0.1) is 0 Å². The van der Waals surface area contributed by atoms with E-state index in [-0.39, 0.29) is 0 Å². The molecule has 0 atom stereocenters. The monoisotopic (exact) mass is 474 g/mol. The van der Waals surface area contributed by atoms with Gasteiger partial charge in [-0.25, -0.2) is 0 Å². The second kappa shape index (κ2) is 10.4. The van der Waals surface area contributed by atoms with E-state index >= 15 is 0 Å². The van der Waals surface area contributed by atoms with Crippen LogP contribution in [0.15, 0.2) is 140 Å². The zero-order valence-electron chi connectivity index (χ0n) is 19.5. The van der Waals surface area contributed by atoms with Crippen LogP contribution >= 0.6 is 0 Å². The summed E-state index contributed by atoms with van der Waals surface area (Å²) in [6, 6.07) is 46.4. The molecule has 0 unspecified atom stereocenters. The van der Waals surface area contributed by atoms with Crippen LogP contribution in [0.25, 0.3) is 0 Å². The first kappa shape index (κ1) is 22.7. The van der Waals surface area contributed by atoms with Gasteiger partial charge in [0.1, 0.15) is 23.0 Å². The Kier molecular flexibility index (Phi) is 6.75. The highest BCUT2D eigenvalue weighted by Crippen LogP contribution is 2.26.